The molecule has 0 saturated carbocycles. The maximum Gasteiger partial charge on any atom is 0.230 e. The normalized spacial score (nSPS) is 16.7. The Labute approximate surface area is 106 Å². The number of amides is 1. The van der Waals surface area contributed by atoms with Crippen molar-refractivity contribution in [2.45, 2.75) is 40.2 Å². The summed E-state index contributed by atoms with van der Waals surface area (Å²) in [5, 5.41) is 0. The van der Waals surface area contributed by atoms with Gasteiger partial charge in [0.05, 0.1) is 5.41 Å². The summed E-state index contributed by atoms with van der Waals surface area (Å²) in [5.41, 5.74) is 5.33. The Morgan fingerprint density at radius 3 is 2.18 bits per heavy atom. The van der Waals surface area contributed by atoms with Crippen molar-refractivity contribution in [3.63, 3.8) is 0 Å². The summed E-state index contributed by atoms with van der Waals surface area (Å²) in [7, 11) is 4.05. The topological polar surface area (TPSA) is 49.6 Å². The van der Waals surface area contributed by atoms with Gasteiger partial charge in [0.25, 0.3) is 0 Å². The number of likely N-dealkylation sites (N-methyl/N-ethyl adjacent to an activating group) is 2. The Hall–Kier alpha value is -0.610. The van der Waals surface area contributed by atoms with E-state index in [1.807, 2.05) is 39.8 Å². The summed E-state index contributed by atoms with van der Waals surface area (Å²) in [6.07, 6.45) is 0.785. The van der Waals surface area contributed by atoms with E-state index >= 15 is 0 Å². The van der Waals surface area contributed by atoms with Crippen molar-refractivity contribution in [2.24, 2.45) is 11.1 Å². The van der Waals surface area contributed by atoms with Crippen molar-refractivity contribution in [2.75, 3.05) is 33.7 Å². The molecule has 0 radical (unpaired) electrons. The van der Waals surface area contributed by atoms with E-state index in [1.165, 1.54) is 0 Å². The number of carbonyl (C=O) groups excluding carboxylic acids is 1. The van der Waals surface area contributed by atoms with Crippen LogP contribution in [0, 0.1) is 5.41 Å². The number of rotatable bonds is 7. The van der Waals surface area contributed by atoms with Crippen molar-refractivity contribution in [1.29, 1.82) is 0 Å². The zero-order valence-electron chi connectivity index (χ0n) is 12.3. The molecule has 2 unspecified atom stereocenters. The van der Waals surface area contributed by atoms with E-state index in [2.05, 4.69) is 11.8 Å². The fourth-order valence-electron chi connectivity index (χ4n) is 2.01. The second kappa shape index (κ2) is 6.97. The van der Waals surface area contributed by atoms with Gasteiger partial charge in [-0.3, -0.25) is 4.79 Å². The van der Waals surface area contributed by atoms with Crippen LogP contribution in [-0.2, 0) is 4.79 Å². The first-order chi connectivity index (χ1) is 7.82. The van der Waals surface area contributed by atoms with Crippen LogP contribution in [0.15, 0.2) is 0 Å². The molecule has 0 aliphatic carbocycles. The number of carbonyl (C=O) groups is 1. The molecule has 17 heavy (non-hydrogen) atoms. The minimum atomic E-state index is -0.420. The third-order valence-corrected chi connectivity index (χ3v) is 3.51. The molecule has 102 valence electrons. The highest BCUT2D eigenvalue weighted by molar-refractivity contribution is 5.82. The van der Waals surface area contributed by atoms with Gasteiger partial charge in [-0.2, -0.15) is 0 Å². The molecule has 0 aromatic rings. The lowest BCUT2D eigenvalue weighted by atomic mass is 9.85. The Bertz CT molecular complexity index is 237. The number of nitrogens with zero attached hydrogens (tertiary/aromatic N) is 2. The Morgan fingerprint density at radius 2 is 1.88 bits per heavy atom. The average Bonchev–Trinajstić information content (AvgIpc) is 2.27. The second-order valence-corrected chi connectivity index (χ2v) is 5.32. The van der Waals surface area contributed by atoms with E-state index in [-0.39, 0.29) is 11.9 Å². The van der Waals surface area contributed by atoms with Gasteiger partial charge in [-0.05, 0) is 41.3 Å². The molecule has 0 spiro atoms. The molecule has 0 saturated heterocycles. The molecule has 4 nitrogen and oxygen atoms in total. The van der Waals surface area contributed by atoms with Gasteiger partial charge in [0, 0.05) is 25.7 Å². The molecule has 2 N–H and O–H groups in total. The van der Waals surface area contributed by atoms with Crippen molar-refractivity contribution in [1.82, 2.24) is 9.80 Å². The molecule has 0 aromatic heterocycles. The zero-order valence-corrected chi connectivity index (χ0v) is 12.3. The summed E-state index contributed by atoms with van der Waals surface area (Å²) in [6.45, 7) is 10.1. The summed E-state index contributed by atoms with van der Waals surface area (Å²) in [4.78, 5) is 16.6. The van der Waals surface area contributed by atoms with Gasteiger partial charge in [-0.1, -0.05) is 6.92 Å². The highest BCUT2D eigenvalue weighted by Gasteiger charge is 2.34. The van der Waals surface area contributed by atoms with E-state index < -0.39 is 5.41 Å². The van der Waals surface area contributed by atoms with Gasteiger partial charge in [0.15, 0.2) is 0 Å². The minimum absolute atomic E-state index is 0.180. The first-order valence-electron chi connectivity index (χ1n) is 6.48. The van der Waals surface area contributed by atoms with E-state index in [0.717, 1.165) is 19.5 Å². The van der Waals surface area contributed by atoms with Crippen LogP contribution in [0.1, 0.15) is 34.1 Å². The highest BCUT2D eigenvalue weighted by Crippen LogP contribution is 2.23. The Kier molecular flexibility index (Phi) is 6.72. The van der Waals surface area contributed by atoms with E-state index in [1.54, 1.807) is 0 Å². The van der Waals surface area contributed by atoms with Gasteiger partial charge in [-0.25, -0.2) is 0 Å². The largest absolute Gasteiger partial charge is 0.338 e. The van der Waals surface area contributed by atoms with Crippen molar-refractivity contribution in [3.8, 4) is 0 Å². The minimum Gasteiger partial charge on any atom is -0.338 e. The van der Waals surface area contributed by atoms with Crippen molar-refractivity contribution >= 4 is 5.91 Å². The predicted molar refractivity (Wildman–Crippen MR) is 72.9 cm³/mol. The van der Waals surface area contributed by atoms with Crippen LogP contribution >= 0.6 is 0 Å². The summed E-state index contributed by atoms with van der Waals surface area (Å²) >= 11 is 0. The Balaban J connectivity index is 4.81. The lowest BCUT2D eigenvalue weighted by Crippen LogP contribution is -2.51. The van der Waals surface area contributed by atoms with E-state index in [0.29, 0.717) is 6.54 Å². The molecule has 0 aliphatic rings. The quantitative estimate of drug-likeness (QED) is 0.730. The number of nitrogens with two attached hydrogens (primary N) is 1. The van der Waals surface area contributed by atoms with Crippen molar-refractivity contribution < 1.29 is 4.79 Å². The molecule has 0 rings (SSSR count). The van der Waals surface area contributed by atoms with E-state index in [4.69, 9.17) is 5.73 Å². The molecule has 2 atom stereocenters. The molecule has 0 heterocycles. The SMILES string of the molecule is CCN(C(=O)C(C)(CC)CN)C(C)CN(C)C. The molecule has 1 amide bonds. The summed E-state index contributed by atoms with van der Waals surface area (Å²) in [6, 6.07) is 0.222. The maximum atomic E-state index is 12.5. The maximum absolute atomic E-state index is 12.5. The van der Waals surface area contributed by atoms with Crippen LogP contribution in [0.2, 0.25) is 0 Å². The third-order valence-electron chi connectivity index (χ3n) is 3.51. The lowest BCUT2D eigenvalue weighted by molar-refractivity contribution is -0.143. The summed E-state index contributed by atoms with van der Waals surface area (Å²) < 4.78 is 0. The first-order valence-corrected chi connectivity index (χ1v) is 6.48. The number of hydrogen-bond acceptors (Lipinski definition) is 3. The van der Waals surface area contributed by atoms with Crippen LogP contribution < -0.4 is 5.73 Å². The van der Waals surface area contributed by atoms with Crippen LogP contribution in [-0.4, -0.2) is 55.5 Å². The van der Waals surface area contributed by atoms with E-state index in [9.17, 15) is 4.79 Å². The highest BCUT2D eigenvalue weighted by atomic mass is 16.2. The van der Waals surface area contributed by atoms with Crippen molar-refractivity contribution in [3.05, 3.63) is 0 Å². The first kappa shape index (κ1) is 16.4. The average molecular weight is 243 g/mol. The fourth-order valence-corrected chi connectivity index (χ4v) is 2.01. The van der Waals surface area contributed by atoms with Crippen LogP contribution in [0.5, 0.6) is 0 Å². The van der Waals surface area contributed by atoms with Gasteiger partial charge in [0.1, 0.15) is 0 Å². The molecular formula is C13H29N3O. The van der Waals surface area contributed by atoms with Crippen LogP contribution in [0.3, 0.4) is 0 Å². The molecular weight excluding hydrogens is 214 g/mol. The molecule has 0 aliphatic heterocycles. The predicted octanol–water partition coefficient (Wildman–Crippen LogP) is 1.16. The monoisotopic (exact) mass is 243 g/mol. The molecule has 0 fully saturated rings. The molecule has 0 aromatic carbocycles. The van der Waals surface area contributed by atoms with Gasteiger partial charge < -0.3 is 15.5 Å². The van der Waals surface area contributed by atoms with Gasteiger partial charge in [0.2, 0.25) is 5.91 Å². The van der Waals surface area contributed by atoms with Crippen LogP contribution in [0.4, 0.5) is 0 Å². The molecule has 0 bridgehead atoms. The molecule has 4 heteroatoms. The third kappa shape index (κ3) is 4.28. The van der Waals surface area contributed by atoms with Gasteiger partial charge in [-0.15, -0.1) is 0 Å². The Morgan fingerprint density at radius 1 is 1.35 bits per heavy atom. The van der Waals surface area contributed by atoms with Gasteiger partial charge >= 0.3 is 0 Å². The second-order valence-electron chi connectivity index (χ2n) is 5.32. The fraction of sp³-hybridized carbons (Fsp3) is 0.923. The number of hydrogen-bond donors (Lipinski definition) is 1. The lowest BCUT2D eigenvalue weighted by Gasteiger charge is -2.37. The standard InChI is InChI=1S/C13H29N3O/c1-7-13(4,10-14)12(17)16(8-2)11(3)9-15(5)6/h11H,7-10,14H2,1-6H3. The summed E-state index contributed by atoms with van der Waals surface area (Å²) in [5.74, 6) is 0.180. The smallest absolute Gasteiger partial charge is 0.230 e. The van der Waals surface area contributed by atoms with Crippen LogP contribution in [0.25, 0.3) is 0 Å². The zero-order chi connectivity index (χ0) is 13.6.